The van der Waals surface area contributed by atoms with E-state index in [1.807, 2.05) is 0 Å². The normalized spacial score (nSPS) is 12.2. The molecule has 136 valence electrons. The van der Waals surface area contributed by atoms with Crippen molar-refractivity contribution in [3.63, 3.8) is 0 Å². The molecule has 9 heteroatoms. The fourth-order valence-corrected chi connectivity index (χ4v) is 3.77. The minimum atomic E-state index is -4.71. The third kappa shape index (κ3) is 5.26. The Bertz CT molecular complexity index is 797. The number of unbranched alkanes of at least 4 members (excludes halogenated alkanes) is 1. The fraction of sp³-hybridized carbons (Fsp3) is 0.312. The zero-order valence-corrected chi connectivity index (χ0v) is 15.3. The van der Waals surface area contributed by atoms with Gasteiger partial charge in [-0.25, -0.2) is 13.4 Å². The molecule has 1 heterocycles. The number of sulfone groups is 1. The van der Waals surface area contributed by atoms with Crippen molar-refractivity contribution in [2.75, 3.05) is 6.61 Å². The second kappa shape index (κ2) is 8.29. The van der Waals surface area contributed by atoms with Crippen molar-refractivity contribution >= 4 is 33.0 Å². The first-order chi connectivity index (χ1) is 11.7. The smallest absolute Gasteiger partial charge is 0.350 e. The van der Waals surface area contributed by atoms with Gasteiger partial charge in [-0.15, -0.1) is 0 Å². The van der Waals surface area contributed by atoms with Gasteiger partial charge < -0.3 is 4.74 Å². The predicted molar refractivity (Wildman–Crippen MR) is 92.2 cm³/mol. The van der Waals surface area contributed by atoms with Crippen LogP contribution in [0, 0.1) is 0 Å². The van der Waals surface area contributed by atoms with Crippen LogP contribution in [0.25, 0.3) is 0 Å². The lowest BCUT2D eigenvalue weighted by atomic mass is 10.2. The average molecular weight is 410 g/mol. The number of hydrogen-bond donors (Lipinski definition) is 0. The van der Waals surface area contributed by atoms with Gasteiger partial charge in [-0.05, 0) is 25.0 Å². The van der Waals surface area contributed by atoms with Gasteiger partial charge in [0, 0.05) is 18.6 Å². The van der Waals surface area contributed by atoms with Crippen molar-refractivity contribution in [2.45, 2.75) is 29.4 Å². The number of aromatic nitrogens is 1. The van der Waals surface area contributed by atoms with Gasteiger partial charge in [0.15, 0.2) is 0 Å². The summed E-state index contributed by atoms with van der Waals surface area (Å²) < 4.78 is 57.5. The largest absolute Gasteiger partial charge is 0.493 e. The molecular formula is C16H15Cl2F2NO3S. The third-order valence-corrected chi connectivity index (χ3v) is 5.58. The van der Waals surface area contributed by atoms with E-state index in [4.69, 9.17) is 27.9 Å². The van der Waals surface area contributed by atoms with Crippen molar-refractivity contribution in [2.24, 2.45) is 0 Å². The van der Waals surface area contributed by atoms with Crippen molar-refractivity contribution in [1.82, 2.24) is 4.98 Å². The number of nitrogens with zero attached hydrogens (tertiary/aromatic N) is 1. The van der Waals surface area contributed by atoms with Crippen LogP contribution < -0.4 is 4.74 Å². The molecule has 0 radical (unpaired) electrons. The Labute approximate surface area is 154 Å². The van der Waals surface area contributed by atoms with Gasteiger partial charge >= 0.3 is 5.25 Å². The van der Waals surface area contributed by atoms with Gasteiger partial charge in [0.2, 0.25) is 9.84 Å². The zero-order valence-electron chi connectivity index (χ0n) is 13.0. The Morgan fingerprint density at radius 1 is 1.04 bits per heavy atom. The summed E-state index contributed by atoms with van der Waals surface area (Å²) in [7, 11) is -4.71. The third-order valence-electron chi connectivity index (χ3n) is 3.31. The molecule has 0 aliphatic heterocycles. The number of hydrogen-bond acceptors (Lipinski definition) is 4. The molecule has 25 heavy (non-hydrogen) atoms. The maximum atomic E-state index is 14.1. The highest BCUT2D eigenvalue weighted by Gasteiger charge is 2.45. The van der Waals surface area contributed by atoms with E-state index in [0.29, 0.717) is 5.75 Å². The first-order valence-electron chi connectivity index (χ1n) is 7.36. The number of rotatable bonds is 8. The maximum Gasteiger partial charge on any atom is 0.350 e. The van der Waals surface area contributed by atoms with Crippen LogP contribution in [0.1, 0.15) is 19.3 Å². The van der Waals surface area contributed by atoms with E-state index in [0.717, 1.165) is 12.1 Å². The number of ether oxygens (including phenoxy) is 1. The number of halogens is 4. The SMILES string of the molecule is O=S(=O)(c1ccccc1)C(F)(F)CCCCOc1cc(Cl)nc(Cl)c1. The Balaban J connectivity index is 1.86. The summed E-state index contributed by atoms with van der Waals surface area (Å²) in [6.45, 7) is 0.123. The lowest BCUT2D eigenvalue weighted by molar-refractivity contribution is 0.0776. The summed E-state index contributed by atoms with van der Waals surface area (Å²) in [5.41, 5.74) is 0. The summed E-state index contributed by atoms with van der Waals surface area (Å²) >= 11 is 11.4. The van der Waals surface area contributed by atoms with Gasteiger partial charge in [0.1, 0.15) is 16.1 Å². The Morgan fingerprint density at radius 3 is 2.24 bits per heavy atom. The van der Waals surface area contributed by atoms with E-state index < -0.39 is 26.4 Å². The lowest BCUT2D eigenvalue weighted by Crippen LogP contribution is -2.29. The lowest BCUT2D eigenvalue weighted by Gasteiger charge is -2.17. The van der Waals surface area contributed by atoms with E-state index in [2.05, 4.69) is 4.98 Å². The monoisotopic (exact) mass is 409 g/mol. The standard InChI is InChI=1S/C16H15Cl2F2NO3S/c17-14-10-12(11-15(18)21-14)24-9-5-4-8-16(19,20)25(22,23)13-6-2-1-3-7-13/h1-3,6-7,10-11H,4-5,8-9H2. The van der Waals surface area contributed by atoms with Gasteiger partial charge in [0.25, 0.3) is 0 Å². The van der Waals surface area contributed by atoms with Crippen LogP contribution in [0.15, 0.2) is 47.4 Å². The molecule has 0 saturated carbocycles. The second-order valence-electron chi connectivity index (χ2n) is 5.21. The van der Waals surface area contributed by atoms with E-state index in [1.54, 1.807) is 6.07 Å². The minimum Gasteiger partial charge on any atom is -0.493 e. The zero-order chi connectivity index (χ0) is 18.5. The first-order valence-corrected chi connectivity index (χ1v) is 9.60. The van der Waals surface area contributed by atoms with Crippen LogP contribution in [0.3, 0.4) is 0 Å². The summed E-state index contributed by atoms with van der Waals surface area (Å²) in [6, 6.07) is 9.58. The van der Waals surface area contributed by atoms with Crippen LogP contribution in [0.2, 0.25) is 10.3 Å². The molecule has 0 aliphatic carbocycles. The second-order valence-corrected chi connectivity index (χ2v) is 8.06. The van der Waals surface area contributed by atoms with E-state index in [1.165, 1.54) is 24.3 Å². The molecule has 2 rings (SSSR count). The number of benzene rings is 1. The van der Waals surface area contributed by atoms with Gasteiger partial charge in [-0.1, -0.05) is 41.4 Å². The van der Waals surface area contributed by atoms with Gasteiger partial charge in [-0.3, -0.25) is 0 Å². The van der Waals surface area contributed by atoms with E-state index in [-0.39, 0.29) is 29.8 Å². The van der Waals surface area contributed by atoms with Crippen molar-refractivity contribution in [1.29, 1.82) is 0 Å². The Morgan fingerprint density at radius 2 is 1.64 bits per heavy atom. The highest BCUT2D eigenvalue weighted by Crippen LogP contribution is 2.33. The number of alkyl halides is 2. The molecule has 0 aliphatic rings. The minimum absolute atomic E-state index is 0.0222. The first kappa shape index (κ1) is 19.9. The molecule has 1 aromatic heterocycles. The van der Waals surface area contributed by atoms with Crippen LogP contribution in [-0.4, -0.2) is 25.3 Å². The summed E-state index contributed by atoms with van der Waals surface area (Å²) in [4.78, 5) is 3.36. The topological polar surface area (TPSA) is 56.3 Å². The molecule has 2 aromatic rings. The van der Waals surface area contributed by atoms with Crippen molar-refractivity contribution in [3.05, 3.63) is 52.8 Å². The summed E-state index contributed by atoms with van der Waals surface area (Å²) in [6.07, 6.45) is -0.561. The van der Waals surface area contributed by atoms with Gasteiger partial charge in [-0.2, -0.15) is 8.78 Å². The van der Waals surface area contributed by atoms with Gasteiger partial charge in [0.05, 0.1) is 11.5 Å². The van der Waals surface area contributed by atoms with Crippen molar-refractivity contribution < 1.29 is 21.9 Å². The molecular weight excluding hydrogens is 395 g/mol. The molecule has 0 fully saturated rings. The molecule has 0 bridgehead atoms. The summed E-state index contributed by atoms with van der Waals surface area (Å²) in [5.74, 6) is 0.369. The summed E-state index contributed by atoms with van der Waals surface area (Å²) in [5, 5.41) is -3.52. The molecule has 0 saturated heterocycles. The van der Waals surface area contributed by atoms with Crippen LogP contribution in [-0.2, 0) is 9.84 Å². The van der Waals surface area contributed by atoms with Crippen LogP contribution >= 0.6 is 23.2 Å². The molecule has 0 spiro atoms. The molecule has 0 unspecified atom stereocenters. The molecule has 4 nitrogen and oxygen atoms in total. The van der Waals surface area contributed by atoms with Crippen LogP contribution in [0.5, 0.6) is 5.75 Å². The highest BCUT2D eigenvalue weighted by atomic mass is 35.5. The van der Waals surface area contributed by atoms with E-state index in [9.17, 15) is 17.2 Å². The van der Waals surface area contributed by atoms with E-state index >= 15 is 0 Å². The molecule has 0 atom stereocenters. The quantitative estimate of drug-likeness (QED) is 0.454. The maximum absolute atomic E-state index is 14.1. The number of pyridine rings is 1. The molecule has 0 amide bonds. The Kier molecular flexibility index (Phi) is 6.59. The van der Waals surface area contributed by atoms with Crippen LogP contribution in [0.4, 0.5) is 8.78 Å². The molecule has 1 aromatic carbocycles. The average Bonchev–Trinajstić information content (AvgIpc) is 2.54. The predicted octanol–water partition coefficient (Wildman–Crippen LogP) is 5.00. The fourth-order valence-electron chi connectivity index (χ4n) is 2.06. The molecule has 0 N–H and O–H groups in total. The Hall–Kier alpha value is -1.44. The van der Waals surface area contributed by atoms with Crippen molar-refractivity contribution in [3.8, 4) is 5.75 Å². The highest BCUT2D eigenvalue weighted by molar-refractivity contribution is 7.92.